The van der Waals surface area contributed by atoms with Gasteiger partial charge in [0.25, 0.3) is 0 Å². The highest BCUT2D eigenvalue weighted by Crippen LogP contribution is 2.18. The third-order valence-corrected chi connectivity index (χ3v) is 4.87. The molecule has 28 heavy (non-hydrogen) atoms. The second-order valence-corrected chi connectivity index (χ2v) is 7.03. The minimum atomic E-state index is -0.0659. The van der Waals surface area contributed by atoms with Gasteiger partial charge in [0.2, 0.25) is 5.91 Å². The molecule has 1 N–H and O–H groups in total. The summed E-state index contributed by atoms with van der Waals surface area (Å²) in [6.45, 7) is 3.34. The van der Waals surface area contributed by atoms with Gasteiger partial charge in [0.1, 0.15) is 17.9 Å². The summed E-state index contributed by atoms with van der Waals surface area (Å²) in [7, 11) is 0. The van der Waals surface area contributed by atoms with E-state index in [1.807, 2.05) is 42.5 Å². The van der Waals surface area contributed by atoms with Crippen molar-refractivity contribution >= 4 is 17.7 Å². The summed E-state index contributed by atoms with van der Waals surface area (Å²) >= 11 is 1.32. The normalized spacial score (nSPS) is 10.6. The van der Waals surface area contributed by atoms with E-state index in [4.69, 9.17) is 4.74 Å². The molecule has 0 aliphatic rings. The molecule has 2 aromatic heterocycles. The van der Waals surface area contributed by atoms with Crippen LogP contribution in [0.3, 0.4) is 0 Å². The smallest absolute Gasteiger partial charge is 0.230 e. The zero-order valence-electron chi connectivity index (χ0n) is 15.7. The molecule has 3 rings (SSSR count). The minimum Gasteiger partial charge on any atom is -0.494 e. The van der Waals surface area contributed by atoms with E-state index in [0.717, 1.165) is 36.6 Å². The van der Waals surface area contributed by atoms with Crippen molar-refractivity contribution in [1.82, 2.24) is 25.1 Å². The fourth-order valence-electron chi connectivity index (χ4n) is 2.40. The van der Waals surface area contributed by atoms with Gasteiger partial charge >= 0.3 is 0 Å². The van der Waals surface area contributed by atoms with E-state index in [9.17, 15) is 4.79 Å². The van der Waals surface area contributed by atoms with Crippen LogP contribution in [-0.4, -0.2) is 38.0 Å². The number of pyridine rings is 1. The van der Waals surface area contributed by atoms with Crippen LogP contribution < -0.4 is 10.1 Å². The summed E-state index contributed by atoms with van der Waals surface area (Å²) in [4.78, 5) is 16.4. The molecule has 8 heteroatoms. The molecule has 1 aromatic carbocycles. The maximum atomic E-state index is 12.2. The van der Waals surface area contributed by atoms with Crippen molar-refractivity contribution in [2.75, 3.05) is 12.4 Å². The molecule has 0 aliphatic carbocycles. The van der Waals surface area contributed by atoms with Gasteiger partial charge < -0.3 is 10.1 Å². The number of aromatic nitrogens is 4. The van der Waals surface area contributed by atoms with Crippen LogP contribution in [0.2, 0.25) is 0 Å². The summed E-state index contributed by atoms with van der Waals surface area (Å²) < 4.78 is 7.40. The number of nitrogens with one attached hydrogen (secondary N) is 1. The third kappa shape index (κ3) is 5.82. The Balaban J connectivity index is 1.45. The Labute approximate surface area is 168 Å². The van der Waals surface area contributed by atoms with Crippen molar-refractivity contribution in [3.05, 3.63) is 60.6 Å². The van der Waals surface area contributed by atoms with Crippen molar-refractivity contribution in [3.63, 3.8) is 0 Å². The highest BCUT2D eigenvalue weighted by atomic mass is 32.2. The fourth-order valence-corrected chi connectivity index (χ4v) is 3.14. The van der Waals surface area contributed by atoms with Gasteiger partial charge in [-0.25, -0.2) is 4.98 Å². The average molecular weight is 398 g/mol. The van der Waals surface area contributed by atoms with Gasteiger partial charge in [0, 0.05) is 12.7 Å². The second kappa shape index (κ2) is 10.5. The summed E-state index contributed by atoms with van der Waals surface area (Å²) in [5.41, 5.74) is 1.03. The number of ether oxygens (including phenoxy) is 1. The Hall–Kier alpha value is -2.87. The number of carbonyl (C=O) groups is 1. The number of benzene rings is 1. The third-order valence-electron chi connectivity index (χ3n) is 3.92. The predicted molar refractivity (Wildman–Crippen MR) is 109 cm³/mol. The van der Waals surface area contributed by atoms with Crippen LogP contribution in [0.25, 0.3) is 5.82 Å². The zero-order chi connectivity index (χ0) is 19.6. The highest BCUT2D eigenvalue weighted by Gasteiger charge is 2.10. The number of unbranched alkanes of at least 4 members (excludes halogenated alkanes) is 1. The molecule has 0 saturated heterocycles. The molecule has 7 nitrogen and oxygen atoms in total. The van der Waals surface area contributed by atoms with Gasteiger partial charge in [0.15, 0.2) is 5.16 Å². The molecule has 0 saturated carbocycles. The van der Waals surface area contributed by atoms with E-state index in [0.29, 0.717) is 11.7 Å². The van der Waals surface area contributed by atoms with E-state index in [2.05, 4.69) is 27.4 Å². The van der Waals surface area contributed by atoms with Gasteiger partial charge in [-0.15, -0.1) is 10.2 Å². The molecule has 0 atom stereocenters. The number of hydrogen-bond acceptors (Lipinski definition) is 6. The molecule has 146 valence electrons. The number of carbonyl (C=O) groups excluding carboxylic acids is 1. The maximum absolute atomic E-state index is 12.2. The first-order valence-electron chi connectivity index (χ1n) is 9.19. The molecule has 0 unspecified atom stereocenters. The van der Waals surface area contributed by atoms with Crippen LogP contribution in [0.1, 0.15) is 25.3 Å². The van der Waals surface area contributed by atoms with Crippen LogP contribution in [-0.2, 0) is 11.3 Å². The number of thioether (sulfide) groups is 1. The molecule has 0 aliphatic heterocycles. The van der Waals surface area contributed by atoms with Crippen molar-refractivity contribution in [2.24, 2.45) is 0 Å². The first-order chi connectivity index (χ1) is 13.8. The van der Waals surface area contributed by atoms with Crippen LogP contribution in [0, 0.1) is 0 Å². The van der Waals surface area contributed by atoms with Gasteiger partial charge in [-0.2, -0.15) is 0 Å². The Bertz CT molecular complexity index is 868. The van der Waals surface area contributed by atoms with Gasteiger partial charge in [-0.3, -0.25) is 9.36 Å². The van der Waals surface area contributed by atoms with Crippen molar-refractivity contribution in [3.8, 4) is 11.6 Å². The molecule has 1 amide bonds. The van der Waals surface area contributed by atoms with Gasteiger partial charge in [-0.1, -0.05) is 43.3 Å². The fraction of sp³-hybridized carbons (Fsp3) is 0.300. The summed E-state index contributed by atoms with van der Waals surface area (Å²) in [5.74, 6) is 1.76. The average Bonchev–Trinajstić information content (AvgIpc) is 3.21. The summed E-state index contributed by atoms with van der Waals surface area (Å²) in [5, 5.41) is 11.5. The number of rotatable bonds is 10. The number of hydrogen-bond donors (Lipinski definition) is 1. The lowest BCUT2D eigenvalue weighted by Crippen LogP contribution is -2.24. The molecule has 3 aromatic rings. The second-order valence-electron chi connectivity index (χ2n) is 6.08. The molecular formula is C20H23N5O2S. The molecule has 2 heterocycles. The lowest BCUT2D eigenvalue weighted by Gasteiger charge is -2.08. The SMILES string of the molecule is CCCCOc1ccc(CNC(=O)CSc2nncn2-c2ccccn2)cc1. The zero-order valence-corrected chi connectivity index (χ0v) is 16.6. The first-order valence-corrected chi connectivity index (χ1v) is 10.2. The van der Waals surface area contributed by atoms with Crippen LogP contribution in [0.5, 0.6) is 5.75 Å². The lowest BCUT2D eigenvalue weighted by atomic mass is 10.2. The maximum Gasteiger partial charge on any atom is 0.230 e. The predicted octanol–water partition coefficient (Wildman–Crippen LogP) is 3.25. The summed E-state index contributed by atoms with van der Waals surface area (Å²) in [6, 6.07) is 13.4. The van der Waals surface area contributed by atoms with Crippen molar-refractivity contribution in [1.29, 1.82) is 0 Å². The molecule has 0 bridgehead atoms. The standard InChI is InChI=1S/C20H23N5O2S/c1-2-3-12-27-17-9-7-16(8-10-17)13-22-19(26)14-28-20-24-23-15-25(20)18-6-4-5-11-21-18/h4-11,15H,2-3,12-14H2,1H3,(H,22,26). The largest absolute Gasteiger partial charge is 0.494 e. The van der Waals surface area contributed by atoms with Gasteiger partial charge in [-0.05, 0) is 36.2 Å². The van der Waals surface area contributed by atoms with Crippen molar-refractivity contribution in [2.45, 2.75) is 31.5 Å². The number of amides is 1. The van der Waals surface area contributed by atoms with E-state index in [1.54, 1.807) is 17.1 Å². The van der Waals surface area contributed by atoms with Crippen LogP contribution in [0.4, 0.5) is 0 Å². The van der Waals surface area contributed by atoms with Crippen LogP contribution in [0.15, 0.2) is 60.1 Å². The van der Waals surface area contributed by atoms with Gasteiger partial charge in [0.05, 0.1) is 12.4 Å². The Morgan fingerprint density at radius 2 is 2.07 bits per heavy atom. The minimum absolute atomic E-state index is 0.0659. The van der Waals surface area contributed by atoms with E-state index in [1.165, 1.54) is 11.8 Å². The molecule has 0 spiro atoms. The van der Waals surface area contributed by atoms with Crippen molar-refractivity contribution < 1.29 is 9.53 Å². The first kappa shape index (κ1) is 19.9. The highest BCUT2D eigenvalue weighted by molar-refractivity contribution is 7.99. The van der Waals surface area contributed by atoms with E-state index < -0.39 is 0 Å². The molecule has 0 fully saturated rings. The topological polar surface area (TPSA) is 81.9 Å². The molecular weight excluding hydrogens is 374 g/mol. The quantitative estimate of drug-likeness (QED) is 0.418. The summed E-state index contributed by atoms with van der Waals surface area (Å²) in [6.07, 6.45) is 5.45. The molecule has 0 radical (unpaired) electrons. The number of nitrogens with zero attached hydrogens (tertiary/aromatic N) is 4. The monoisotopic (exact) mass is 397 g/mol. The van der Waals surface area contributed by atoms with E-state index in [-0.39, 0.29) is 11.7 Å². The van der Waals surface area contributed by atoms with E-state index >= 15 is 0 Å². The Morgan fingerprint density at radius 1 is 1.21 bits per heavy atom. The Morgan fingerprint density at radius 3 is 2.82 bits per heavy atom. The lowest BCUT2D eigenvalue weighted by molar-refractivity contribution is -0.118. The Kier molecular flexibility index (Phi) is 7.43. The van der Waals surface area contributed by atoms with Crippen LogP contribution >= 0.6 is 11.8 Å².